The van der Waals surface area contributed by atoms with E-state index in [-0.39, 0.29) is 23.6 Å². The predicted octanol–water partition coefficient (Wildman–Crippen LogP) is 1.39. The van der Waals surface area contributed by atoms with Crippen molar-refractivity contribution in [3.05, 3.63) is 41.3 Å². The van der Waals surface area contributed by atoms with Gasteiger partial charge in [-0.05, 0) is 19.8 Å². The predicted molar refractivity (Wildman–Crippen MR) is 83.8 cm³/mol. The molecule has 0 radical (unpaired) electrons. The molecule has 1 N–H and O–H groups in total. The molecule has 2 amide bonds. The van der Waals surface area contributed by atoms with Crippen LogP contribution in [0.25, 0.3) is 0 Å². The third kappa shape index (κ3) is 3.27. The number of nitrogens with one attached hydrogen (secondary N) is 1. The van der Waals surface area contributed by atoms with Crippen LogP contribution in [0.2, 0.25) is 0 Å². The van der Waals surface area contributed by atoms with Gasteiger partial charge in [-0.1, -0.05) is 5.16 Å². The summed E-state index contributed by atoms with van der Waals surface area (Å²) in [6, 6.07) is 1.40. The highest BCUT2D eigenvalue weighted by Gasteiger charge is 2.34. The third-order valence-electron chi connectivity index (χ3n) is 4.02. The SMILES string of the molecule is CC(=O)NCc1cnc(C)nc1C1CCCN1C(=O)c1ccno1. The van der Waals surface area contributed by atoms with Crippen LogP contribution in [0.4, 0.5) is 0 Å². The Bertz CT molecular complexity index is 744. The van der Waals surface area contributed by atoms with E-state index in [0.29, 0.717) is 18.9 Å². The minimum atomic E-state index is -0.197. The van der Waals surface area contributed by atoms with Crippen molar-refractivity contribution in [3.8, 4) is 0 Å². The van der Waals surface area contributed by atoms with E-state index < -0.39 is 0 Å². The van der Waals surface area contributed by atoms with E-state index in [0.717, 1.165) is 24.1 Å². The van der Waals surface area contributed by atoms with Crippen LogP contribution in [0.1, 0.15) is 53.4 Å². The number of nitrogens with zero attached hydrogens (tertiary/aromatic N) is 4. The Balaban J connectivity index is 1.90. The molecular formula is C16H19N5O3. The Labute approximate surface area is 139 Å². The molecule has 3 rings (SSSR count). The van der Waals surface area contributed by atoms with E-state index in [2.05, 4.69) is 20.4 Å². The summed E-state index contributed by atoms with van der Waals surface area (Å²) in [5.74, 6) is 0.533. The Morgan fingerprint density at radius 3 is 3.00 bits per heavy atom. The molecule has 2 aromatic heterocycles. The van der Waals surface area contributed by atoms with Gasteiger partial charge in [0.2, 0.25) is 11.7 Å². The van der Waals surface area contributed by atoms with Gasteiger partial charge in [0, 0.05) is 37.8 Å². The summed E-state index contributed by atoms with van der Waals surface area (Å²) in [6.45, 7) is 4.24. The second-order valence-corrected chi connectivity index (χ2v) is 5.77. The molecular weight excluding hydrogens is 310 g/mol. The van der Waals surface area contributed by atoms with Crippen molar-refractivity contribution in [1.82, 2.24) is 25.3 Å². The van der Waals surface area contributed by atoms with Gasteiger partial charge in [0.05, 0.1) is 17.9 Å². The highest BCUT2D eigenvalue weighted by Crippen LogP contribution is 2.33. The van der Waals surface area contributed by atoms with Crippen LogP contribution in [0.3, 0.4) is 0 Å². The lowest BCUT2D eigenvalue weighted by atomic mass is 10.1. The Hall–Kier alpha value is -2.77. The maximum absolute atomic E-state index is 12.6. The van der Waals surface area contributed by atoms with Crippen molar-refractivity contribution in [2.24, 2.45) is 0 Å². The molecule has 1 atom stereocenters. The highest BCUT2D eigenvalue weighted by molar-refractivity contribution is 5.91. The van der Waals surface area contributed by atoms with Gasteiger partial charge < -0.3 is 14.7 Å². The first-order chi connectivity index (χ1) is 11.6. The van der Waals surface area contributed by atoms with Crippen LogP contribution in [-0.4, -0.2) is 38.4 Å². The first-order valence-corrected chi connectivity index (χ1v) is 7.84. The van der Waals surface area contributed by atoms with Gasteiger partial charge in [-0.15, -0.1) is 0 Å². The Morgan fingerprint density at radius 2 is 2.29 bits per heavy atom. The molecule has 1 fully saturated rings. The van der Waals surface area contributed by atoms with Gasteiger partial charge >= 0.3 is 0 Å². The second-order valence-electron chi connectivity index (χ2n) is 5.77. The second kappa shape index (κ2) is 6.77. The summed E-state index contributed by atoms with van der Waals surface area (Å²) >= 11 is 0. The first-order valence-electron chi connectivity index (χ1n) is 7.84. The van der Waals surface area contributed by atoms with Gasteiger partial charge in [0.25, 0.3) is 5.91 Å². The summed E-state index contributed by atoms with van der Waals surface area (Å²) in [4.78, 5) is 34.4. The molecule has 1 saturated heterocycles. The summed E-state index contributed by atoms with van der Waals surface area (Å²) in [5.41, 5.74) is 1.60. The van der Waals surface area contributed by atoms with E-state index in [1.807, 2.05) is 6.92 Å². The quantitative estimate of drug-likeness (QED) is 0.909. The van der Waals surface area contributed by atoms with E-state index in [1.165, 1.54) is 13.1 Å². The largest absolute Gasteiger partial charge is 0.352 e. The van der Waals surface area contributed by atoms with Crippen molar-refractivity contribution in [3.63, 3.8) is 0 Å². The zero-order valence-corrected chi connectivity index (χ0v) is 13.7. The molecule has 3 heterocycles. The van der Waals surface area contributed by atoms with E-state index in [1.54, 1.807) is 17.2 Å². The molecule has 0 aliphatic carbocycles. The zero-order valence-electron chi connectivity index (χ0n) is 13.7. The molecule has 0 spiro atoms. The molecule has 24 heavy (non-hydrogen) atoms. The smallest absolute Gasteiger partial charge is 0.293 e. The fraction of sp³-hybridized carbons (Fsp3) is 0.438. The standard InChI is InChI=1S/C16H19N5O3/c1-10-17-8-12(9-18-11(2)22)15(20-10)13-4-3-7-21(13)16(23)14-5-6-19-24-14/h5-6,8,13H,3-4,7,9H2,1-2H3,(H,18,22). The number of carbonyl (C=O) groups is 2. The number of aromatic nitrogens is 3. The molecule has 126 valence electrons. The van der Waals surface area contributed by atoms with Crippen LogP contribution in [-0.2, 0) is 11.3 Å². The first kappa shape index (κ1) is 16.1. The lowest BCUT2D eigenvalue weighted by molar-refractivity contribution is -0.119. The lowest BCUT2D eigenvalue weighted by Gasteiger charge is -2.25. The van der Waals surface area contributed by atoms with Gasteiger partial charge in [-0.25, -0.2) is 9.97 Å². The van der Waals surface area contributed by atoms with Crippen LogP contribution in [0.15, 0.2) is 23.0 Å². The number of carbonyl (C=O) groups excluding carboxylic acids is 2. The average molecular weight is 329 g/mol. The third-order valence-corrected chi connectivity index (χ3v) is 4.02. The monoisotopic (exact) mass is 329 g/mol. The minimum absolute atomic E-state index is 0.123. The fourth-order valence-corrected chi connectivity index (χ4v) is 2.92. The van der Waals surface area contributed by atoms with Crippen LogP contribution in [0.5, 0.6) is 0 Å². The minimum Gasteiger partial charge on any atom is -0.352 e. The van der Waals surface area contributed by atoms with E-state index in [9.17, 15) is 9.59 Å². The molecule has 1 unspecified atom stereocenters. The van der Waals surface area contributed by atoms with Crippen molar-refractivity contribution in [2.75, 3.05) is 6.54 Å². The summed E-state index contributed by atoms with van der Waals surface area (Å²) in [5, 5.41) is 6.36. The van der Waals surface area contributed by atoms with Crippen molar-refractivity contribution >= 4 is 11.8 Å². The topological polar surface area (TPSA) is 101 Å². The molecule has 0 aromatic carbocycles. The molecule has 2 aromatic rings. The zero-order chi connectivity index (χ0) is 17.1. The molecule has 8 heteroatoms. The molecule has 1 aliphatic heterocycles. The number of hydrogen-bond donors (Lipinski definition) is 1. The molecule has 0 saturated carbocycles. The number of rotatable bonds is 4. The van der Waals surface area contributed by atoms with Gasteiger partial charge in [0.1, 0.15) is 5.82 Å². The average Bonchev–Trinajstić information content (AvgIpc) is 3.24. The molecule has 8 nitrogen and oxygen atoms in total. The van der Waals surface area contributed by atoms with Crippen LogP contribution in [0, 0.1) is 6.92 Å². The summed E-state index contributed by atoms with van der Waals surface area (Å²) in [7, 11) is 0. The van der Waals surface area contributed by atoms with Crippen molar-refractivity contribution < 1.29 is 14.1 Å². The Morgan fingerprint density at radius 1 is 1.46 bits per heavy atom. The van der Waals surface area contributed by atoms with Gasteiger partial charge in [0.15, 0.2) is 0 Å². The maximum Gasteiger partial charge on any atom is 0.293 e. The molecule has 1 aliphatic rings. The number of likely N-dealkylation sites (tertiary alicyclic amines) is 1. The summed E-state index contributed by atoms with van der Waals surface area (Å²) < 4.78 is 4.99. The molecule has 0 bridgehead atoms. The van der Waals surface area contributed by atoms with Gasteiger partial charge in [-0.3, -0.25) is 9.59 Å². The van der Waals surface area contributed by atoms with Crippen LogP contribution >= 0.6 is 0 Å². The van der Waals surface area contributed by atoms with Crippen molar-refractivity contribution in [2.45, 2.75) is 39.3 Å². The number of amides is 2. The normalized spacial score (nSPS) is 17.1. The highest BCUT2D eigenvalue weighted by atomic mass is 16.5. The van der Waals surface area contributed by atoms with E-state index in [4.69, 9.17) is 4.52 Å². The lowest BCUT2D eigenvalue weighted by Crippen LogP contribution is -2.32. The van der Waals surface area contributed by atoms with Gasteiger partial charge in [-0.2, -0.15) is 0 Å². The van der Waals surface area contributed by atoms with Crippen molar-refractivity contribution in [1.29, 1.82) is 0 Å². The maximum atomic E-state index is 12.6. The Kier molecular flexibility index (Phi) is 4.54. The van der Waals surface area contributed by atoms with E-state index >= 15 is 0 Å². The fourth-order valence-electron chi connectivity index (χ4n) is 2.92. The summed E-state index contributed by atoms with van der Waals surface area (Å²) in [6.07, 6.45) is 4.86. The number of aryl methyl sites for hydroxylation is 1. The van der Waals surface area contributed by atoms with Crippen LogP contribution < -0.4 is 5.32 Å². The number of hydrogen-bond acceptors (Lipinski definition) is 6.